The van der Waals surface area contributed by atoms with Gasteiger partial charge < -0.3 is 10.1 Å². The summed E-state index contributed by atoms with van der Waals surface area (Å²) in [6.45, 7) is 3.32. The van der Waals surface area contributed by atoms with Gasteiger partial charge in [0.25, 0.3) is 0 Å². The van der Waals surface area contributed by atoms with Gasteiger partial charge in [0.15, 0.2) is 0 Å². The van der Waals surface area contributed by atoms with Crippen molar-refractivity contribution in [1.29, 1.82) is 0 Å². The van der Waals surface area contributed by atoms with E-state index in [9.17, 15) is 18.3 Å². The molecule has 0 saturated carbocycles. The number of H-pyrrole nitrogens is 1. The number of sulfonamides is 1. The minimum absolute atomic E-state index is 0.0167. The van der Waals surface area contributed by atoms with E-state index in [1.54, 1.807) is 18.4 Å². The zero-order valence-electron chi connectivity index (χ0n) is 11.6. The fourth-order valence-corrected chi connectivity index (χ4v) is 3.85. The Labute approximate surface area is 126 Å². The average molecular weight is 328 g/mol. The number of rotatable bonds is 5. The molecule has 1 aromatic carbocycles. The molecule has 1 heterocycles. The Morgan fingerprint density at radius 2 is 2.00 bits per heavy atom. The first-order chi connectivity index (χ1) is 9.83. The van der Waals surface area contributed by atoms with Gasteiger partial charge in [0.1, 0.15) is 0 Å². The zero-order valence-corrected chi connectivity index (χ0v) is 13.3. The lowest BCUT2D eigenvalue weighted by Gasteiger charge is -2.12. The Bertz CT molecular complexity index is 806. The van der Waals surface area contributed by atoms with Crippen molar-refractivity contribution >= 4 is 21.4 Å². The molecule has 0 fully saturated rings. The minimum Gasteiger partial charge on any atom is -0.392 e. The highest BCUT2D eigenvalue weighted by atomic mass is 32.2. The van der Waals surface area contributed by atoms with E-state index in [0.717, 1.165) is 16.9 Å². The summed E-state index contributed by atoms with van der Waals surface area (Å²) in [5.74, 6) is 0. The molecule has 21 heavy (non-hydrogen) atoms. The van der Waals surface area contributed by atoms with Crippen LogP contribution in [0.15, 0.2) is 27.2 Å². The lowest BCUT2D eigenvalue weighted by molar-refractivity contribution is 0.280. The van der Waals surface area contributed by atoms with Gasteiger partial charge in [0, 0.05) is 11.1 Å². The Balaban J connectivity index is 2.29. The van der Waals surface area contributed by atoms with Gasteiger partial charge in [-0.2, -0.15) is 0 Å². The number of hydrogen-bond acceptors (Lipinski definition) is 5. The summed E-state index contributed by atoms with van der Waals surface area (Å²) in [5, 5.41) is 10.8. The zero-order chi connectivity index (χ0) is 15.6. The average Bonchev–Trinajstić information content (AvgIpc) is 2.82. The molecule has 0 aliphatic rings. The second kappa shape index (κ2) is 6.10. The lowest BCUT2D eigenvalue weighted by atomic mass is 10.1. The smallest absolute Gasteiger partial charge is 0.304 e. The van der Waals surface area contributed by atoms with E-state index >= 15 is 0 Å². The third kappa shape index (κ3) is 3.59. The van der Waals surface area contributed by atoms with Crippen molar-refractivity contribution in [3.8, 4) is 0 Å². The molecule has 2 rings (SSSR count). The molecule has 114 valence electrons. The first-order valence-electron chi connectivity index (χ1n) is 6.21. The van der Waals surface area contributed by atoms with Gasteiger partial charge in [-0.05, 0) is 36.6 Å². The standard InChI is InChI=1S/C13H16N2O4S2/c1-8-3-9(2)12(4-10(8)6-16)21(18,19)14-5-11-7-20-13(17)15-11/h3-4,7,14,16H,5-6H2,1-2H3,(H,15,17). The highest BCUT2D eigenvalue weighted by Gasteiger charge is 2.18. The van der Waals surface area contributed by atoms with Crippen LogP contribution in [0.2, 0.25) is 0 Å². The number of aliphatic hydroxyl groups excluding tert-OH is 1. The number of aliphatic hydroxyl groups is 1. The van der Waals surface area contributed by atoms with Crippen molar-refractivity contribution < 1.29 is 13.5 Å². The van der Waals surface area contributed by atoms with E-state index in [2.05, 4.69) is 9.71 Å². The molecule has 0 amide bonds. The molecule has 8 heteroatoms. The summed E-state index contributed by atoms with van der Waals surface area (Å²) in [6, 6.07) is 3.20. The fraction of sp³-hybridized carbons (Fsp3) is 0.308. The number of nitrogens with one attached hydrogen (secondary N) is 2. The second-order valence-electron chi connectivity index (χ2n) is 4.70. The molecular formula is C13H16N2O4S2. The van der Waals surface area contributed by atoms with E-state index in [0.29, 0.717) is 16.8 Å². The van der Waals surface area contributed by atoms with Crippen LogP contribution in [-0.4, -0.2) is 18.5 Å². The van der Waals surface area contributed by atoms with Crippen LogP contribution in [0.25, 0.3) is 0 Å². The molecule has 0 saturated heterocycles. The van der Waals surface area contributed by atoms with Crippen LogP contribution < -0.4 is 9.60 Å². The molecule has 2 aromatic rings. The van der Waals surface area contributed by atoms with E-state index < -0.39 is 10.0 Å². The van der Waals surface area contributed by atoms with Gasteiger partial charge in [0.2, 0.25) is 10.0 Å². The Kier molecular flexibility index (Phi) is 4.62. The summed E-state index contributed by atoms with van der Waals surface area (Å²) >= 11 is 0.983. The third-order valence-corrected chi connectivity index (χ3v) is 5.38. The molecule has 3 N–H and O–H groups in total. The van der Waals surface area contributed by atoms with E-state index in [4.69, 9.17) is 0 Å². The first-order valence-corrected chi connectivity index (χ1v) is 8.57. The monoisotopic (exact) mass is 328 g/mol. The molecule has 0 atom stereocenters. The van der Waals surface area contributed by atoms with Crippen LogP contribution in [0, 0.1) is 13.8 Å². The van der Waals surface area contributed by atoms with Gasteiger partial charge in [-0.15, -0.1) is 0 Å². The molecule has 6 nitrogen and oxygen atoms in total. The normalized spacial score (nSPS) is 11.8. The van der Waals surface area contributed by atoms with Gasteiger partial charge in [-0.25, -0.2) is 13.1 Å². The molecule has 0 unspecified atom stereocenters. The minimum atomic E-state index is -3.71. The van der Waals surface area contributed by atoms with E-state index in [1.165, 1.54) is 6.07 Å². The van der Waals surface area contributed by atoms with E-state index in [1.807, 2.05) is 6.92 Å². The van der Waals surface area contributed by atoms with Crippen LogP contribution in [0.3, 0.4) is 0 Å². The first kappa shape index (κ1) is 15.9. The van der Waals surface area contributed by atoms with Crippen molar-refractivity contribution in [3.05, 3.63) is 49.6 Å². The third-order valence-electron chi connectivity index (χ3n) is 3.12. The SMILES string of the molecule is Cc1cc(C)c(S(=O)(=O)NCc2csc(=O)[nH]2)cc1CO. The number of aromatic nitrogens is 1. The van der Waals surface area contributed by atoms with Gasteiger partial charge in [0.05, 0.1) is 18.0 Å². The molecule has 0 radical (unpaired) electrons. The van der Waals surface area contributed by atoms with Gasteiger partial charge in [-0.3, -0.25) is 4.79 Å². The topological polar surface area (TPSA) is 99.3 Å². The Morgan fingerprint density at radius 3 is 2.57 bits per heavy atom. The molecular weight excluding hydrogens is 312 g/mol. The maximum absolute atomic E-state index is 12.3. The van der Waals surface area contributed by atoms with Crippen LogP contribution >= 0.6 is 11.3 Å². The molecule has 0 aliphatic carbocycles. The maximum atomic E-state index is 12.3. The second-order valence-corrected chi connectivity index (χ2v) is 7.28. The predicted molar refractivity (Wildman–Crippen MR) is 80.8 cm³/mol. The van der Waals surface area contributed by atoms with Crippen LogP contribution in [0.4, 0.5) is 0 Å². The highest BCUT2D eigenvalue weighted by Crippen LogP contribution is 2.20. The molecule has 1 aromatic heterocycles. The van der Waals surface area contributed by atoms with Crippen molar-refractivity contribution in [1.82, 2.24) is 9.71 Å². The van der Waals surface area contributed by atoms with Gasteiger partial charge in [-0.1, -0.05) is 17.4 Å². The number of aryl methyl sites for hydroxylation is 2. The summed E-state index contributed by atoms with van der Waals surface area (Å²) < 4.78 is 27.1. The summed E-state index contributed by atoms with van der Waals surface area (Å²) in [6.07, 6.45) is 0. The fourth-order valence-electron chi connectivity index (χ4n) is 1.99. The lowest BCUT2D eigenvalue weighted by Crippen LogP contribution is -2.24. The van der Waals surface area contributed by atoms with Crippen molar-refractivity contribution in [2.24, 2.45) is 0 Å². The van der Waals surface area contributed by atoms with Crippen molar-refractivity contribution in [3.63, 3.8) is 0 Å². The number of thiazole rings is 1. The molecule has 0 spiro atoms. The number of aromatic amines is 1. The van der Waals surface area contributed by atoms with Crippen LogP contribution in [-0.2, 0) is 23.2 Å². The van der Waals surface area contributed by atoms with Gasteiger partial charge >= 0.3 is 4.87 Å². The molecule has 0 bridgehead atoms. The van der Waals surface area contributed by atoms with Crippen molar-refractivity contribution in [2.45, 2.75) is 31.9 Å². The summed E-state index contributed by atoms with van der Waals surface area (Å²) in [7, 11) is -3.71. The Hall–Kier alpha value is -1.48. The van der Waals surface area contributed by atoms with Crippen LogP contribution in [0.5, 0.6) is 0 Å². The molecule has 0 aliphatic heterocycles. The van der Waals surface area contributed by atoms with Crippen molar-refractivity contribution in [2.75, 3.05) is 0 Å². The quantitative estimate of drug-likeness (QED) is 0.763. The largest absolute Gasteiger partial charge is 0.392 e. The van der Waals surface area contributed by atoms with E-state index in [-0.39, 0.29) is 22.9 Å². The number of benzene rings is 1. The predicted octanol–water partition coefficient (Wildman–Crippen LogP) is 1.02. The summed E-state index contributed by atoms with van der Waals surface area (Å²) in [4.78, 5) is 13.5. The highest BCUT2D eigenvalue weighted by molar-refractivity contribution is 7.89. The summed E-state index contributed by atoms with van der Waals surface area (Å²) in [5.41, 5.74) is 2.54. The Morgan fingerprint density at radius 1 is 1.29 bits per heavy atom. The maximum Gasteiger partial charge on any atom is 0.304 e. The number of hydrogen-bond donors (Lipinski definition) is 3. The van der Waals surface area contributed by atoms with Crippen LogP contribution in [0.1, 0.15) is 22.4 Å².